The molecule has 1 saturated heterocycles. The van der Waals surface area contributed by atoms with E-state index in [1.807, 2.05) is 67.7 Å². The Kier molecular flexibility index (Phi) is 40.9. The number of piperidine rings is 1. The van der Waals surface area contributed by atoms with Crippen molar-refractivity contribution in [1.82, 2.24) is 10.2 Å². The molecule has 0 saturated carbocycles. The van der Waals surface area contributed by atoms with Gasteiger partial charge in [-0.05, 0) is 90.0 Å². The van der Waals surface area contributed by atoms with Gasteiger partial charge in [0.2, 0.25) is 0 Å². The maximum absolute atomic E-state index is 8.00. The maximum atomic E-state index is 8.00. The van der Waals surface area contributed by atoms with E-state index < -0.39 is 0 Å². The fourth-order valence-electron chi connectivity index (χ4n) is 3.36. The summed E-state index contributed by atoms with van der Waals surface area (Å²) in [6, 6.07) is 6.45. The van der Waals surface area contributed by atoms with E-state index in [0.29, 0.717) is 0 Å². The van der Waals surface area contributed by atoms with E-state index in [4.69, 9.17) is 9.53 Å². The predicted molar refractivity (Wildman–Crippen MR) is 170 cm³/mol. The molecule has 1 N–H and O–H groups in total. The highest BCUT2D eigenvalue weighted by Gasteiger charge is 2.09. The summed E-state index contributed by atoms with van der Waals surface area (Å²) in [5.74, 6) is 1.01. The number of hydrogen-bond donors (Lipinski definition) is 1. The van der Waals surface area contributed by atoms with E-state index in [2.05, 4.69) is 73.4 Å². The SMILES string of the molecule is C/C=C\C=C/CC.C=O.CC.CC.CCc1cc(OCCCN2CCCCC2)ccc1N(C)C.CNC. The first-order valence-corrected chi connectivity index (χ1v) is 14.3. The molecule has 1 fully saturated rings. The van der Waals surface area contributed by atoms with Crippen molar-refractivity contribution in [2.24, 2.45) is 0 Å². The van der Waals surface area contributed by atoms with Gasteiger partial charge in [-0.25, -0.2) is 0 Å². The molecule has 2 rings (SSSR count). The van der Waals surface area contributed by atoms with Gasteiger partial charge >= 0.3 is 0 Å². The van der Waals surface area contributed by atoms with E-state index in [1.54, 1.807) is 0 Å². The predicted octanol–water partition coefficient (Wildman–Crippen LogP) is 7.80. The van der Waals surface area contributed by atoms with Crippen LogP contribution < -0.4 is 15.0 Å². The number of anilines is 1. The fourth-order valence-corrected chi connectivity index (χ4v) is 3.36. The monoisotopic (exact) mass is 521 g/mol. The average Bonchev–Trinajstić information content (AvgIpc) is 2.96. The second-order valence-electron chi connectivity index (χ2n) is 8.00. The topological polar surface area (TPSA) is 44.8 Å². The number of carbonyl (C=O) groups is 1. The lowest BCUT2D eigenvalue weighted by atomic mass is 10.1. The zero-order chi connectivity index (χ0) is 29.3. The second-order valence-corrected chi connectivity index (χ2v) is 8.00. The van der Waals surface area contributed by atoms with Crippen LogP contribution in [0.5, 0.6) is 5.75 Å². The molecule has 0 radical (unpaired) electrons. The van der Waals surface area contributed by atoms with Crippen molar-refractivity contribution in [2.75, 3.05) is 59.3 Å². The van der Waals surface area contributed by atoms with Crippen LogP contribution in [0, 0.1) is 0 Å². The van der Waals surface area contributed by atoms with E-state index in [-0.39, 0.29) is 0 Å². The molecule has 0 amide bonds. The molecule has 1 aliphatic heterocycles. The highest BCUT2D eigenvalue weighted by atomic mass is 16.5. The minimum atomic E-state index is 0.820. The van der Waals surface area contributed by atoms with Gasteiger partial charge in [-0.3, -0.25) is 0 Å². The Balaban J connectivity index is -0.000000284. The summed E-state index contributed by atoms with van der Waals surface area (Å²) >= 11 is 0. The third-order valence-corrected chi connectivity index (χ3v) is 4.93. The summed E-state index contributed by atoms with van der Waals surface area (Å²) in [7, 11) is 7.93. The van der Waals surface area contributed by atoms with E-state index in [9.17, 15) is 0 Å². The third kappa shape index (κ3) is 26.8. The van der Waals surface area contributed by atoms with Crippen LogP contribution in [0.3, 0.4) is 0 Å². The lowest BCUT2D eigenvalue weighted by Gasteiger charge is -2.26. The van der Waals surface area contributed by atoms with Crippen LogP contribution >= 0.6 is 0 Å². The molecule has 218 valence electrons. The second kappa shape index (κ2) is 36.0. The van der Waals surface area contributed by atoms with Crippen LogP contribution in [0.25, 0.3) is 0 Å². The summed E-state index contributed by atoms with van der Waals surface area (Å²) < 4.78 is 5.93. The van der Waals surface area contributed by atoms with Crippen molar-refractivity contribution >= 4 is 12.5 Å². The summed E-state index contributed by atoms with van der Waals surface area (Å²) in [6.07, 6.45) is 15.7. The first kappa shape index (κ1) is 42.0. The van der Waals surface area contributed by atoms with Gasteiger partial charge in [0.1, 0.15) is 12.5 Å². The smallest absolute Gasteiger partial charge is 0.119 e. The zero-order valence-electron chi connectivity index (χ0n) is 26.5. The van der Waals surface area contributed by atoms with Gasteiger partial charge in [0.05, 0.1) is 6.61 Å². The van der Waals surface area contributed by atoms with Crippen LogP contribution in [0.15, 0.2) is 42.5 Å². The van der Waals surface area contributed by atoms with Crippen molar-refractivity contribution in [3.05, 3.63) is 48.1 Å². The molecule has 1 aromatic rings. The largest absolute Gasteiger partial charge is 0.494 e. The first-order valence-electron chi connectivity index (χ1n) is 14.3. The Morgan fingerprint density at radius 1 is 1.00 bits per heavy atom. The maximum Gasteiger partial charge on any atom is 0.119 e. The summed E-state index contributed by atoms with van der Waals surface area (Å²) in [6.45, 7) is 20.9. The number of benzene rings is 1. The van der Waals surface area contributed by atoms with Crippen molar-refractivity contribution in [3.63, 3.8) is 0 Å². The molecule has 0 aliphatic carbocycles. The lowest BCUT2D eigenvalue weighted by Crippen LogP contribution is -2.31. The van der Waals surface area contributed by atoms with E-state index in [0.717, 1.165) is 31.6 Å². The van der Waals surface area contributed by atoms with E-state index in [1.165, 1.54) is 50.1 Å². The fraction of sp³-hybridized carbons (Fsp3) is 0.656. The van der Waals surface area contributed by atoms with Crippen molar-refractivity contribution in [2.45, 2.75) is 87.0 Å². The Bertz CT molecular complexity index is 610. The van der Waals surface area contributed by atoms with Gasteiger partial charge in [-0.15, -0.1) is 0 Å². The lowest BCUT2D eigenvalue weighted by molar-refractivity contribution is -0.0980. The normalized spacial score (nSPS) is 12.2. The van der Waals surface area contributed by atoms with Crippen LogP contribution in [-0.4, -0.2) is 66.1 Å². The molecule has 37 heavy (non-hydrogen) atoms. The first-order chi connectivity index (χ1) is 18.0. The molecular weight excluding hydrogens is 458 g/mol. The standard InChI is InChI=1S/C18H30N2O.C7H12.C2H7N.2C2H6.CH2O/c1-4-16-15-17(9-10-18(16)19(2)3)21-14-8-13-20-11-6-5-7-12-20;1-3-5-7-6-4-2;1-3-2;3*1-2/h9-10,15H,4-8,11-14H2,1-3H3;3,5-7H,4H2,1-2H3;3H,1-2H3;2*1-2H3;1H2/b;5-3-,7-6-;;;;. The number of allylic oxidation sites excluding steroid dienone is 4. The van der Waals surface area contributed by atoms with E-state index >= 15 is 0 Å². The minimum Gasteiger partial charge on any atom is -0.494 e. The molecule has 1 aliphatic rings. The van der Waals surface area contributed by atoms with Gasteiger partial charge in [0.25, 0.3) is 0 Å². The number of aryl methyl sites for hydroxylation is 1. The van der Waals surface area contributed by atoms with Gasteiger partial charge in [-0.2, -0.15) is 0 Å². The highest BCUT2D eigenvalue weighted by Crippen LogP contribution is 2.24. The van der Waals surface area contributed by atoms with Crippen LogP contribution in [0.2, 0.25) is 0 Å². The van der Waals surface area contributed by atoms with Gasteiger partial charge in [-0.1, -0.05) is 72.3 Å². The zero-order valence-corrected chi connectivity index (χ0v) is 26.5. The molecule has 0 aromatic heterocycles. The Morgan fingerprint density at radius 2 is 1.57 bits per heavy atom. The van der Waals surface area contributed by atoms with Gasteiger partial charge in [0, 0.05) is 26.3 Å². The van der Waals surface area contributed by atoms with Crippen molar-refractivity contribution < 1.29 is 9.53 Å². The molecule has 5 nitrogen and oxygen atoms in total. The molecule has 0 spiro atoms. The highest BCUT2D eigenvalue weighted by molar-refractivity contribution is 5.55. The number of ether oxygens (including phenoxy) is 1. The quantitative estimate of drug-likeness (QED) is 0.265. The molecular formula is C32H63N3O2. The number of nitrogens with one attached hydrogen (secondary N) is 1. The minimum absolute atomic E-state index is 0.820. The molecule has 0 bridgehead atoms. The molecule has 1 heterocycles. The Hall–Kier alpha value is -2.11. The number of likely N-dealkylation sites (tertiary alicyclic amines) is 1. The van der Waals surface area contributed by atoms with Crippen LogP contribution in [-0.2, 0) is 11.2 Å². The molecule has 1 aromatic carbocycles. The number of nitrogens with zero attached hydrogens (tertiary/aromatic N) is 2. The number of hydrogen-bond acceptors (Lipinski definition) is 5. The van der Waals surface area contributed by atoms with Gasteiger partial charge in [0.15, 0.2) is 0 Å². The molecule has 0 atom stereocenters. The summed E-state index contributed by atoms with van der Waals surface area (Å²) in [5, 5.41) is 2.75. The Morgan fingerprint density at radius 3 is 2.03 bits per heavy atom. The number of carbonyl (C=O) groups excluding carboxylic acids is 1. The Labute approximate surface area is 232 Å². The van der Waals surface area contributed by atoms with Gasteiger partial charge < -0.3 is 24.6 Å². The molecule has 5 heteroatoms. The van der Waals surface area contributed by atoms with Crippen LogP contribution in [0.1, 0.15) is 86.1 Å². The third-order valence-electron chi connectivity index (χ3n) is 4.93. The van der Waals surface area contributed by atoms with Crippen molar-refractivity contribution in [3.8, 4) is 5.75 Å². The average molecular weight is 522 g/mol. The number of rotatable bonds is 9. The summed E-state index contributed by atoms with van der Waals surface area (Å²) in [5.41, 5.74) is 2.65. The van der Waals surface area contributed by atoms with Crippen molar-refractivity contribution in [1.29, 1.82) is 0 Å². The summed E-state index contributed by atoms with van der Waals surface area (Å²) in [4.78, 5) is 12.7. The molecule has 0 unspecified atom stereocenters. The van der Waals surface area contributed by atoms with Crippen LogP contribution in [0.4, 0.5) is 5.69 Å².